The van der Waals surface area contributed by atoms with Crippen LogP contribution >= 0.6 is 22.9 Å². The van der Waals surface area contributed by atoms with Crippen LogP contribution in [-0.4, -0.2) is 27.5 Å². The van der Waals surface area contributed by atoms with E-state index in [2.05, 4.69) is 10.1 Å². The maximum absolute atomic E-state index is 12.7. The lowest BCUT2D eigenvalue weighted by atomic mass is 10.1. The van der Waals surface area contributed by atoms with E-state index in [1.54, 1.807) is 24.0 Å². The first kappa shape index (κ1) is 16.7. The smallest absolute Gasteiger partial charge is 0.257 e. The highest BCUT2D eigenvalue weighted by Gasteiger charge is 2.16. The van der Waals surface area contributed by atoms with Crippen molar-refractivity contribution in [2.24, 2.45) is 0 Å². The van der Waals surface area contributed by atoms with Crippen molar-refractivity contribution in [2.45, 2.75) is 20.4 Å². The molecule has 0 atom stereocenters. The summed E-state index contributed by atoms with van der Waals surface area (Å²) in [5, 5.41) is 3.77. The van der Waals surface area contributed by atoms with Crippen molar-refractivity contribution < 1.29 is 9.32 Å². The van der Waals surface area contributed by atoms with Gasteiger partial charge in [-0.25, -0.2) is 0 Å². The lowest BCUT2D eigenvalue weighted by molar-refractivity contribution is 0.0754. The second kappa shape index (κ2) is 7.15. The highest BCUT2D eigenvalue weighted by molar-refractivity contribution is 7.16. The Bertz CT molecular complexity index is 842. The van der Waals surface area contributed by atoms with Crippen LogP contribution in [0.1, 0.15) is 28.0 Å². The number of carbonyl (C=O) groups is 1. The van der Waals surface area contributed by atoms with Crippen LogP contribution in [0.4, 0.5) is 0 Å². The Morgan fingerprint density at radius 1 is 1.25 bits per heavy atom. The summed E-state index contributed by atoms with van der Waals surface area (Å²) in [6.45, 7) is 4.90. The van der Waals surface area contributed by atoms with Crippen LogP contribution < -0.4 is 0 Å². The predicted octanol–water partition coefficient (Wildman–Crippen LogP) is 4.42. The third-order valence-electron chi connectivity index (χ3n) is 3.55. The minimum atomic E-state index is -0.0183. The molecule has 0 bridgehead atoms. The fraction of sp³-hybridized carbons (Fsp3) is 0.235. The van der Waals surface area contributed by atoms with Crippen molar-refractivity contribution in [2.75, 3.05) is 6.54 Å². The Labute approximate surface area is 148 Å². The van der Waals surface area contributed by atoms with E-state index in [-0.39, 0.29) is 5.91 Å². The maximum atomic E-state index is 12.7. The van der Waals surface area contributed by atoms with E-state index >= 15 is 0 Å². The number of aromatic nitrogens is 2. The third kappa shape index (κ3) is 3.66. The number of rotatable bonds is 5. The van der Waals surface area contributed by atoms with Crippen molar-refractivity contribution in [1.29, 1.82) is 0 Å². The fourth-order valence-corrected chi connectivity index (χ4v) is 3.41. The normalized spacial score (nSPS) is 10.8. The van der Waals surface area contributed by atoms with Crippen LogP contribution in [0.3, 0.4) is 0 Å². The summed E-state index contributed by atoms with van der Waals surface area (Å²) >= 11 is 7.45. The molecule has 0 spiro atoms. The van der Waals surface area contributed by atoms with Crippen LogP contribution in [-0.2, 0) is 6.54 Å². The van der Waals surface area contributed by atoms with Crippen molar-refractivity contribution in [3.63, 3.8) is 0 Å². The van der Waals surface area contributed by atoms with Crippen molar-refractivity contribution in [3.05, 3.63) is 57.0 Å². The fourth-order valence-electron chi connectivity index (χ4n) is 2.30. The molecule has 24 heavy (non-hydrogen) atoms. The van der Waals surface area contributed by atoms with E-state index in [0.29, 0.717) is 30.4 Å². The van der Waals surface area contributed by atoms with E-state index in [1.165, 1.54) is 11.3 Å². The number of nitrogens with zero attached hydrogens (tertiary/aromatic N) is 3. The number of hydrogen-bond donors (Lipinski definition) is 0. The molecule has 124 valence electrons. The van der Waals surface area contributed by atoms with Gasteiger partial charge in [0.05, 0.1) is 10.9 Å². The Hall–Kier alpha value is -2.18. The molecule has 7 heteroatoms. The summed E-state index contributed by atoms with van der Waals surface area (Å²) in [4.78, 5) is 19.7. The van der Waals surface area contributed by atoms with Crippen molar-refractivity contribution in [1.82, 2.24) is 15.0 Å². The van der Waals surface area contributed by atoms with Crippen LogP contribution in [0.15, 0.2) is 40.9 Å². The molecule has 2 aromatic heterocycles. The molecule has 5 nitrogen and oxygen atoms in total. The molecule has 3 aromatic rings. The zero-order valence-electron chi connectivity index (χ0n) is 13.3. The van der Waals surface area contributed by atoms with Gasteiger partial charge in [0.25, 0.3) is 11.8 Å². The summed E-state index contributed by atoms with van der Waals surface area (Å²) in [6, 6.07) is 11.0. The number of carbonyl (C=O) groups excluding carboxylic acids is 1. The molecule has 0 radical (unpaired) electrons. The van der Waals surface area contributed by atoms with Crippen molar-refractivity contribution >= 4 is 28.8 Å². The second-order valence-corrected chi connectivity index (χ2v) is 7.05. The lowest BCUT2D eigenvalue weighted by Crippen LogP contribution is -2.29. The molecular weight excluding hydrogens is 346 g/mol. The minimum absolute atomic E-state index is 0.0183. The second-order valence-electron chi connectivity index (χ2n) is 5.25. The summed E-state index contributed by atoms with van der Waals surface area (Å²) < 4.78 is 5.86. The van der Waals surface area contributed by atoms with Crippen LogP contribution in [0.25, 0.3) is 11.5 Å². The average molecular weight is 362 g/mol. The summed E-state index contributed by atoms with van der Waals surface area (Å²) in [5.41, 5.74) is 1.42. The quantitative estimate of drug-likeness (QED) is 0.674. The molecule has 0 N–H and O–H groups in total. The molecule has 3 rings (SSSR count). The molecule has 0 saturated carbocycles. The number of aryl methyl sites for hydroxylation is 1. The molecule has 1 amide bonds. The summed E-state index contributed by atoms with van der Waals surface area (Å²) in [6.07, 6.45) is 0. The van der Waals surface area contributed by atoms with E-state index < -0.39 is 0 Å². The Kier molecular flexibility index (Phi) is 4.97. The first-order chi connectivity index (χ1) is 11.6. The molecular formula is C17H16ClN3O2S. The third-order valence-corrected chi connectivity index (χ3v) is 4.77. The van der Waals surface area contributed by atoms with Gasteiger partial charge in [-0.1, -0.05) is 16.8 Å². The number of amides is 1. The van der Waals surface area contributed by atoms with E-state index in [4.69, 9.17) is 16.1 Å². The topological polar surface area (TPSA) is 59.2 Å². The van der Waals surface area contributed by atoms with Crippen LogP contribution in [0.5, 0.6) is 0 Å². The zero-order valence-corrected chi connectivity index (χ0v) is 14.9. The molecule has 1 aromatic carbocycles. The maximum Gasteiger partial charge on any atom is 0.257 e. The molecule has 0 fully saturated rings. The van der Waals surface area contributed by atoms with Gasteiger partial charge >= 0.3 is 0 Å². The zero-order chi connectivity index (χ0) is 17.1. The van der Waals surface area contributed by atoms with Gasteiger partial charge in [-0.05, 0) is 50.2 Å². The highest BCUT2D eigenvalue weighted by Crippen LogP contribution is 2.24. The van der Waals surface area contributed by atoms with Gasteiger partial charge in [0.15, 0.2) is 5.82 Å². The first-order valence-electron chi connectivity index (χ1n) is 7.51. The van der Waals surface area contributed by atoms with Gasteiger partial charge in [-0.3, -0.25) is 4.79 Å². The van der Waals surface area contributed by atoms with Crippen molar-refractivity contribution in [3.8, 4) is 11.5 Å². The van der Waals surface area contributed by atoms with Crippen LogP contribution in [0.2, 0.25) is 4.34 Å². The summed E-state index contributed by atoms with van der Waals surface area (Å²) in [7, 11) is 0. The molecule has 0 unspecified atom stereocenters. The van der Waals surface area contributed by atoms with E-state index in [1.807, 2.05) is 31.2 Å². The summed E-state index contributed by atoms with van der Waals surface area (Å²) in [5.74, 6) is 1.01. The Morgan fingerprint density at radius 3 is 2.54 bits per heavy atom. The number of halogens is 1. The predicted molar refractivity (Wildman–Crippen MR) is 94.2 cm³/mol. The van der Waals surface area contributed by atoms with Crippen LogP contribution in [0, 0.1) is 6.92 Å². The van der Waals surface area contributed by atoms with Gasteiger partial charge in [-0.15, -0.1) is 11.3 Å². The van der Waals surface area contributed by atoms with E-state index in [9.17, 15) is 4.79 Å². The number of benzene rings is 1. The number of thiophene rings is 1. The van der Waals surface area contributed by atoms with E-state index in [0.717, 1.165) is 14.8 Å². The molecule has 0 aliphatic carbocycles. The monoisotopic (exact) mass is 361 g/mol. The highest BCUT2D eigenvalue weighted by atomic mass is 35.5. The Morgan fingerprint density at radius 2 is 2.00 bits per heavy atom. The van der Waals surface area contributed by atoms with Gasteiger partial charge < -0.3 is 9.42 Å². The molecule has 0 aliphatic rings. The SMILES string of the molecule is CCN(Cc1ccc(Cl)s1)C(=O)c1ccc(-c2nc(C)no2)cc1. The molecule has 2 heterocycles. The van der Waals surface area contributed by atoms with Gasteiger partial charge in [0, 0.05) is 22.5 Å². The molecule has 0 saturated heterocycles. The average Bonchev–Trinajstić information content (AvgIpc) is 3.20. The standard InChI is InChI=1S/C17H16ClN3O2S/c1-3-21(10-14-8-9-15(18)24-14)17(22)13-6-4-12(5-7-13)16-19-11(2)20-23-16/h4-9H,3,10H2,1-2H3. The molecule has 0 aliphatic heterocycles. The minimum Gasteiger partial charge on any atom is -0.334 e. The van der Waals surface area contributed by atoms with Gasteiger partial charge in [-0.2, -0.15) is 4.98 Å². The van der Waals surface area contributed by atoms with Gasteiger partial charge in [0.1, 0.15) is 0 Å². The lowest BCUT2D eigenvalue weighted by Gasteiger charge is -2.20. The van der Waals surface area contributed by atoms with Gasteiger partial charge in [0.2, 0.25) is 0 Å². The largest absolute Gasteiger partial charge is 0.334 e. The first-order valence-corrected chi connectivity index (χ1v) is 8.70. The number of hydrogen-bond acceptors (Lipinski definition) is 5. The Balaban J connectivity index is 1.75.